The summed E-state index contributed by atoms with van der Waals surface area (Å²) in [5.74, 6) is 0.462. The molecule has 0 spiro atoms. The highest BCUT2D eigenvalue weighted by Gasteiger charge is 2.16. The van der Waals surface area contributed by atoms with Gasteiger partial charge in [0.25, 0.3) is 5.88 Å². The third kappa shape index (κ3) is 3.73. The van der Waals surface area contributed by atoms with E-state index in [0.29, 0.717) is 11.4 Å². The number of aryl methyl sites for hydroxylation is 2. The first kappa shape index (κ1) is 18.4. The first-order valence-electron chi connectivity index (χ1n) is 9.06. The molecule has 1 amide bonds. The Morgan fingerprint density at radius 3 is 2.55 bits per heavy atom. The molecule has 1 N–H and O–H groups in total. The van der Waals surface area contributed by atoms with E-state index in [1.165, 1.54) is 16.8 Å². The van der Waals surface area contributed by atoms with Crippen LogP contribution in [0.1, 0.15) is 11.1 Å². The lowest BCUT2D eigenvalue weighted by molar-refractivity contribution is -0.117. The summed E-state index contributed by atoms with van der Waals surface area (Å²) < 4.78 is 8.26. The number of benzene rings is 2. The van der Waals surface area contributed by atoms with Crippen molar-refractivity contribution >= 4 is 17.2 Å². The lowest BCUT2D eigenvalue weighted by atomic mass is 10.2. The van der Waals surface area contributed by atoms with Gasteiger partial charge in [-0.25, -0.2) is 18.9 Å². The number of nitrogens with one attached hydrogen (secondary N) is 1. The molecule has 146 valence electrons. The van der Waals surface area contributed by atoms with Gasteiger partial charge >= 0.3 is 5.69 Å². The number of hydrogen-bond acceptors (Lipinski definition) is 5. The van der Waals surface area contributed by atoms with Crippen molar-refractivity contribution in [2.75, 3.05) is 5.32 Å². The lowest BCUT2D eigenvalue weighted by Gasteiger charge is -2.07. The zero-order chi connectivity index (χ0) is 20.4. The summed E-state index contributed by atoms with van der Waals surface area (Å²) in [5, 5.41) is 7.06. The summed E-state index contributed by atoms with van der Waals surface area (Å²) in [6, 6.07) is 14.9. The Bertz CT molecular complexity index is 1260. The molecule has 2 aromatic heterocycles. The number of anilines is 1. The molecule has 0 atom stereocenters. The fraction of sp³-hybridized carbons (Fsp3) is 0.143. The minimum atomic E-state index is -0.447. The van der Waals surface area contributed by atoms with Crippen molar-refractivity contribution in [3.63, 3.8) is 0 Å². The van der Waals surface area contributed by atoms with Gasteiger partial charge in [0.1, 0.15) is 12.3 Å². The van der Waals surface area contributed by atoms with E-state index in [9.17, 15) is 9.59 Å². The van der Waals surface area contributed by atoms with Crippen LogP contribution >= 0.6 is 0 Å². The Balaban J connectivity index is 1.62. The number of hydrogen-bond donors (Lipinski definition) is 1. The predicted octanol–water partition coefficient (Wildman–Crippen LogP) is 2.94. The van der Waals surface area contributed by atoms with Crippen LogP contribution in [0.3, 0.4) is 0 Å². The van der Waals surface area contributed by atoms with E-state index in [0.717, 1.165) is 15.8 Å². The maximum absolute atomic E-state index is 12.7. The third-order valence-corrected chi connectivity index (χ3v) is 4.48. The van der Waals surface area contributed by atoms with Crippen LogP contribution in [-0.2, 0) is 11.3 Å². The molecular weight excluding hydrogens is 370 g/mol. The quantitative estimate of drug-likeness (QED) is 0.567. The van der Waals surface area contributed by atoms with E-state index in [4.69, 9.17) is 4.74 Å². The maximum Gasteiger partial charge on any atom is 0.351 e. The summed E-state index contributed by atoms with van der Waals surface area (Å²) in [5.41, 5.74) is 2.35. The number of amides is 1. The third-order valence-electron chi connectivity index (χ3n) is 4.48. The molecule has 8 nitrogen and oxygen atoms in total. The minimum absolute atomic E-state index is 0.192. The van der Waals surface area contributed by atoms with Crippen molar-refractivity contribution in [2.24, 2.45) is 0 Å². The van der Waals surface area contributed by atoms with E-state index in [-0.39, 0.29) is 24.0 Å². The van der Waals surface area contributed by atoms with Crippen molar-refractivity contribution in [3.05, 3.63) is 82.5 Å². The van der Waals surface area contributed by atoms with Crippen molar-refractivity contribution in [2.45, 2.75) is 20.4 Å². The van der Waals surface area contributed by atoms with Crippen LogP contribution in [0.5, 0.6) is 11.6 Å². The van der Waals surface area contributed by atoms with Crippen molar-refractivity contribution < 1.29 is 9.53 Å². The summed E-state index contributed by atoms with van der Waals surface area (Å²) in [6.07, 6.45) is 2.95. The average molecular weight is 389 g/mol. The van der Waals surface area contributed by atoms with Gasteiger partial charge < -0.3 is 10.1 Å². The van der Waals surface area contributed by atoms with Gasteiger partial charge in [-0.3, -0.25) is 4.79 Å². The van der Waals surface area contributed by atoms with Gasteiger partial charge in [-0.05, 0) is 37.1 Å². The number of ether oxygens (including phenoxy) is 1. The molecule has 8 heteroatoms. The van der Waals surface area contributed by atoms with Gasteiger partial charge in [0.2, 0.25) is 11.6 Å². The highest BCUT2D eigenvalue weighted by atomic mass is 16.5. The van der Waals surface area contributed by atoms with Crippen LogP contribution < -0.4 is 15.7 Å². The SMILES string of the molecule is Cc1ccccc1NC(=O)Cn1nc2c(Oc3ccccc3C)nccn2c1=O. The second kappa shape index (κ2) is 7.59. The molecule has 0 aliphatic carbocycles. The van der Waals surface area contributed by atoms with Crippen LogP contribution in [0.4, 0.5) is 5.69 Å². The Hall–Kier alpha value is -3.94. The Morgan fingerprint density at radius 1 is 1.07 bits per heavy atom. The molecule has 0 radical (unpaired) electrons. The number of carbonyl (C=O) groups is 1. The molecule has 0 saturated heterocycles. The normalized spacial score (nSPS) is 10.8. The fourth-order valence-corrected chi connectivity index (χ4v) is 2.91. The standard InChI is InChI=1S/C21H19N5O3/c1-14-7-3-5-9-16(14)23-18(27)13-26-21(28)25-12-11-22-20(19(25)24-26)29-17-10-6-4-8-15(17)2/h3-12H,13H2,1-2H3,(H,23,27). The van der Waals surface area contributed by atoms with Gasteiger partial charge in [0, 0.05) is 18.1 Å². The van der Waals surface area contributed by atoms with Crippen LogP contribution in [-0.4, -0.2) is 25.1 Å². The first-order valence-corrected chi connectivity index (χ1v) is 9.06. The molecule has 4 aromatic rings. The second-order valence-corrected chi connectivity index (χ2v) is 6.60. The number of fused-ring (bicyclic) bond motifs is 1. The molecule has 29 heavy (non-hydrogen) atoms. The topological polar surface area (TPSA) is 90.5 Å². The molecular formula is C21H19N5O3. The molecule has 2 heterocycles. The predicted molar refractivity (Wildman–Crippen MR) is 108 cm³/mol. The van der Waals surface area contributed by atoms with Crippen LogP contribution in [0.25, 0.3) is 5.65 Å². The highest BCUT2D eigenvalue weighted by Crippen LogP contribution is 2.24. The minimum Gasteiger partial charge on any atom is -0.436 e. The number of rotatable bonds is 5. The summed E-state index contributed by atoms with van der Waals surface area (Å²) in [4.78, 5) is 29.3. The van der Waals surface area contributed by atoms with Crippen molar-refractivity contribution in [1.29, 1.82) is 0 Å². The van der Waals surface area contributed by atoms with E-state index < -0.39 is 5.69 Å². The lowest BCUT2D eigenvalue weighted by Crippen LogP contribution is -2.28. The molecule has 0 unspecified atom stereocenters. The monoisotopic (exact) mass is 389 g/mol. The zero-order valence-electron chi connectivity index (χ0n) is 16.0. The van der Waals surface area contributed by atoms with Gasteiger partial charge in [-0.15, -0.1) is 5.10 Å². The summed E-state index contributed by atoms with van der Waals surface area (Å²) >= 11 is 0. The van der Waals surface area contributed by atoms with Gasteiger partial charge in [-0.1, -0.05) is 36.4 Å². The Kier molecular flexibility index (Phi) is 4.82. The highest BCUT2D eigenvalue weighted by molar-refractivity contribution is 5.91. The Morgan fingerprint density at radius 2 is 1.79 bits per heavy atom. The zero-order valence-corrected chi connectivity index (χ0v) is 16.0. The van der Waals surface area contributed by atoms with Crippen LogP contribution in [0.15, 0.2) is 65.7 Å². The van der Waals surface area contributed by atoms with Gasteiger partial charge in [0.05, 0.1) is 0 Å². The van der Waals surface area contributed by atoms with Crippen molar-refractivity contribution in [3.8, 4) is 11.6 Å². The molecule has 0 aliphatic heterocycles. The van der Waals surface area contributed by atoms with Crippen molar-refractivity contribution in [1.82, 2.24) is 19.2 Å². The smallest absolute Gasteiger partial charge is 0.351 e. The second-order valence-electron chi connectivity index (χ2n) is 6.60. The fourth-order valence-electron chi connectivity index (χ4n) is 2.91. The Labute approximate surface area is 166 Å². The number of carbonyl (C=O) groups excluding carboxylic acids is 1. The van der Waals surface area contributed by atoms with Gasteiger partial charge in [-0.2, -0.15) is 0 Å². The largest absolute Gasteiger partial charge is 0.436 e. The van der Waals surface area contributed by atoms with E-state index in [2.05, 4.69) is 15.4 Å². The number of para-hydroxylation sites is 2. The molecule has 4 rings (SSSR count). The van der Waals surface area contributed by atoms with E-state index in [1.54, 1.807) is 6.07 Å². The van der Waals surface area contributed by atoms with E-state index in [1.807, 2.05) is 56.3 Å². The van der Waals surface area contributed by atoms with Crippen LogP contribution in [0.2, 0.25) is 0 Å². The molecule has 2 aromatic carbocycles. The summed E-state index contributed by atoms with van der Waals surface area (Å²) in [7, 11) is 0. The molecule has 0 aliphatic rings. The molecule has 0 saturated carbocycles. The average Bonchev–Trinajstić information content (AvgIpc) is 3.02. The van der Waals surface area contributed by atoms with Crippen LogP contribution in [0, 0.1) is 13.8 Å². The molecule has 0 bridgehead atoms. The van der Waals surface area contributed by atoms with E-state index >= 15 is 0 Å². The molecule has 0 fully saturated rings. The summed E-state index contributed by atoms with van der Waals surface area (Å²) in [6.45, 7) is 3.59. The first-order chi connectivity index (χ1) is 14.0. The number of nitrogens with zero attached hydrogens (tertiary/aromatic N) is 4. The number of aromatic nitrogens is 4. The maximum atomic E-state index is 12.7. The van der Waals surface area contributed by atoms with Gasteiger partial charge in [0.15, 0.2) is 0 Å².